The maximum atomic E-state index is 12.4. The fourth-order valence-electron chi connectivity index (χ4n) is 2.51. The lowest BCUT2D eigenvalue weighted by Crippen LogP contribution is -2.20. The number of pyridine rings is 1. The van der Waals surface area contributed by atoms with E-state index < -0.39 is 0 Å². The molecule has 0 unspecified atom stereocenters. The molecule has 3 rings (SSSR count). The van der Waals surface area contributed by atoms with Crippen LogP contribution in [0.15, 0.2) is 64.4 Å². The molecule has 1 N–H and O–H groups in total. The van der Waals surface area contributed by atoms with Gasteiger partial charge in [-0.25, -0.2) is 0 Å². The monoisotopic (exact) mass is 358 g/mol. The van der Waals surface area contributed by atoms with E-state index in [2.05, 4.69) is 5.32 Å². The summed E-state index contributed by atoms with van der Waals surface area (Å²) in [6, 6.07) is 14.2. The summed E-state index contributed by atoms with van der Waals surface area (Å²) in [7, 11) is 0. The van der Waals surface area contributed by atoms with Crippen molar-refractivity contribution in [2.75, 3.05) is 11.6 Å². The summed E-state index contributed by atoms with van der Waals surface area (Å²) in [6.45, 7) is 0.112. The topological polar surface area (TPSA) is 51.1 Å². The number of thioether (sulfide) groups is 1. The minimum Gasteiger partial charge on any atom is -0.338 e. The number of carbonyl (C=O) groups is 1. The number of para-hydroxylation sites is 1. The number of carbonyl (C=O) groups excluding carboxylic acids is 1. The van der Waals surface area contributed by atoms with Crippen molar-refractivity contribution in [3.63, 3.8) is 0 Å². The van der Waals surface area contributed by atoms with Gasteiger partial charge < -0.3 is 9.88 Å². The number of amides is 1. The molecule has 0 atom stereocenters. The van der Waals surface area contributed by atoms with Gasteiger partial charge in [-0.1, -0.05) is 23.7 Å². The summed E-state index contributed by atoms with van der Waals surface area (Å²) in [5, 5.41) is 3.91. The predicted octanol–water partition coefficient (Wildman–Crippen LogP) is 4.02. The molecule has 0 saturated heterocycles. The van der Waals surface area contributed by atoms with Crippen LogP contribution in [0.1, 0.15) is 0 Å². The van der Waals surface area contributed by atoms with E-state index in [9.17, 15) is 9.59 Å². The highest BCUT2D eigenvalue weighted by atomic mass is 35.5. The number of benzene rings is 2. The summed E-state index contributed by atoms with van der Waals surface area (Å²) in [5.41, 5.74) is 1.35. The zero-order chi connectivity index (χ0) is 17.1. The largest absolute Gasteiger partial charge is 0.338 e. The Labute approximate surface area is 148 Å². The van der Waals surface area contributed by atoms with Crippen LogP contribution < -0.4 is 10.7 Å². The van der Waals surface area contributed by atoms with Crippen molar-refractivity contribution < 1.29 is 4.79 Å². The van der Waals surface area contributed by atoms with E-state index in [1.807, 2.05) is 30.5 Å². The SMILES string of the molecule is CSc1ccccc1NC(=O)Cn1ccc(=O)c2cc(Cl)ccc21. The zero-order valence-electron chi connectivity index (χ0n) is 13.0. The molecule has 0 saturated carbocycles. The first-order chi connectivity index (χ1) is 11.6. The van der Waals surface area contributed by atoms with Gasteiger partial charge in [-0.05, 0) is 36.6 Å². The van der Waals surface area contributed by atoms with E-state index in [-0.39, 0.29) is 17.9 Å². The molecule has 0 aliphatic rings. The minimum atomic E-state index is -0.156. The second kappa shape index (κ2) is 7.11. The number of rotatable bonds is 4. The lowest BCUT2D eigenvalue weighted by Gasteiger charge is -2.13. The second-order valence-corrected chi connectivity index (χ2v) is 6.50. The zero-order valence-corrected chi connectivity index (χ0v) is 14.5. The molecule has 0 spiro atoms. The molecule has 1 aromatic heterocycles. The van der Waals surface area contributed by atoms with Crippen LogP contribution in [-0.2, 0) is 11.3 Å². The van der Waals surface area contributed by atoms with Crippen LogP contribution in [0.25, 0.3) is 10.9 Å². The first kappa shape index (κ1) is 16.6. The molecule has 0 bridgehead atoms. The summed E-state index contributed by atoms with van der Waals surface area (Å²) in [4.78, 5) is 25.4. The Morgan fingerprint density at radius 1 is 1.21 bits per heavy atom. The summed E-state index contributed by atoms with van der Waals surface area (Å²) in [6.07, 6.45) is 3.59. The van der Waals surface area contributed by atoms with Crippen molar-refractivity contribution in [1.29, 1.82) is 0 Å². The molecule has 0 aliphatic heterocycles. The number of aromatic nitrogens is 1. The third kappa shape index (κ3) is 3.47. The van der Waals surface area contributed by atoms with Crippen LogP contribution in [-0.4, -0.2) is 16.7 Å². The number of nitrogens with one attached hydrogen (secondary N) is 1. The van der Waals surface area contributed by atoms with E-state index in [1.54, 1.807) is 40.7 Å². The molecule has 2 aromatic carbocycles. The molecule has 122 valence electrons. The van der Waals surface area contributed by atoms with Crippen molar-refractivity contribution in [2.24, 2.45) is 0 Å². The van der Waals surface area contributed by atoms with Crippen molar-refractivity contribution in [3.8, 4) is 0 Å². The van der Waals surface area contributed by atoms with Gasteiger partial charge in [0.05, 0.1) is 11.2 Å². The Hall–Kier alpha value is -2.24. The lowest BCUT2D eigenvalue weighted by atomic mass is 10.2. The van der Waals surface area contributed by atoms with Crippen LogP contribution in [0.5, 0.6) is 0 Å². The van der Waals surface area contributed by atoms with Gasteiger partial charge in [-0.2, -0.15) is 0 Å². The molecule has 4 nitrogen and oxygen atoms in total. The average molecular weight is 359 g/mol. The highest BCUT2D eigenvalue weighted by molar-refractivity contribution is 7.98. The summed E-state index contributed by atoms with van der Waals surface area (Å²) < 4.78 is 1.74. The number of hydrogen-bond donors (Lipinski definition) is 1. The highest BCUT2D eigenvalue weighted by Gasteiger charge is 2.09. The van der Waals surface area contributed by atoms with E-state index in [4.69, 9.17) is 11.6 Å². The quantitative estimate of drug-likeness (QED) is 0.717. The van der Waals surface area contributed by atoms with E-state index in [0.717, 1.165) is 10.6 Å². The molecule has 1 heterocycles. The standard InChI is InChI=1S/C18H15ClN2O2S/c1-24-17-5-3-2-4-14(17)20-18(23)11-21-9-8-16(22)13-10-12(19)6-7-15(13)21/h2-10H,11H2,1H3,(H,20,23). The molecule has 6 heteroatoms. The average Bonchev–Trinajstić information content (AvgIpc) is 2.58. The van der Waals surface area contributed by atoms with Gasteiger partial charge in [-0.3, -0.25) is 9.59 Å². The van der Waals surface area contributed by atoms with Gasteiger partial charge in [0.25, 0.3) is 0 Å². The molecule has 1 amide bonds. The van der Waals surface area contributed by atoms with Gasteiger partial charge in [0.1, 0.15) is 6.54 Å². The molecular formula is C18H15ClN2O2S. The van der Waals surface area contributed by atoms with Crippen LogP contribution >= 0.6 is 23.4 Å². The van der Waals surface area contributed by atoms with Gasteiger partial charge in [0.15, 0.2) is 5.43 Å². The Morgan fingerprint density at radius 2 is 2.00 bits per heavy atom. The number of hydrogen-bond acceptors (Lipinski definition) is 3. The lowest BCUT2D eigenvalue weighted by molar-refractivity contribution is -0.116. The summed E-state index contributed by atoms with van der Waals surface area (Å²) >= 11 is 7.53. The first-order valence-electron chi connectivity index (χ1n) is 7.30. The molecular weight excluding hydrogens is 344 g/mol. The van der Waals surface area contributed by atoms with Crippen LogP contribution in [0.4, 0.5) is 5.69 Å². The number of anilines is 1. The smallest absolute Gasteiger partial charge is 0.244 e. The highest BCUT2D eigenvalue weighted by Crippen LogP contribution is 2.24. The van der Waals surface area contributed by atoms with Crippen LogP contribution in [0.2, 0.25) is 5.02 Å². The minimum absolute atomic E-state index is 0.112. The third-order valence-electron chi connectivity index (χ3n) is 3.63. The third-order valence-corrected chi connectivity index (χ3v) is 4.67. The van der Waals surface area contributed by atoms with Gasteiger partial charge in [-0.15, -0.1) is 11.8 Å². The number of halogens is 1. The predicted molar refractivity (Wildman–Crippen MR) is 100 cm³/mol. The number of nitrogens with zero attached hydrogens (tertiary/aromatic N) is 1. The van der Waals surface area contributed by atoms with Gasteiger partial charge in [0, 0.05) is 27.6 Å². The van der Waals surface area contributed by atoms with Crippen LogP contribution in [0, 0.1) is 0 Å². The van der Waals surface area contributed by atoms with Crippen molar-refractivity contribution in [3.05, 3.63) is 70.0 Å². The Bertz CT molecular complexity index is 969. The number of fused-ring (bicyclic) bond motifs is 1. The fourth-order valence-corrected chi connectivity index (χ4v) is 3.24. The van der Waals surface area contributed by atoms with Crippen molar-refractivity contribution >= 4 is 45.9 Å². The van der Waals surface area contributed by atoms with E-state index >= 15 is 0 Å². The molecule has 0 radical (unpaired) electrons. The molecule has 0 fully saturated rings. The maximum Gasteiger partial charge on any atom is 0.244 e. The Balaban J connectivity index is 1.89. The Morgan fingerprint density at radius 3 is 2.79 bits per heavy atom. The fraction of sp³-hybridized carbons (Fsp3) is 0.111. The first-order valence-corrected chi connectivity index (χ1v) is 8.90. The van der Waals surface area contributed by atoms with Crippen LogP contribution in [0.3, 0.4) is 0 Å². The van der Waals surface area contributed by atoms with Crippen molar-refractivity contribution in [1.82, 2.24) is 4.57 Å². The van der Waals surface area contributed by atoms with Crippen molar-refractivity contribution in [2.45, 2.75) is 11.4 Å². The van der Waals surface area contributed by atoms with Gasteiger partial charge >= 0.3 is 0 Å². The van der Waals surface area contributed by atoms with E-state index in [0.29, 0.717) is 15.9 Å². The molecule has 24 heavy (non-hydrogen) atoms. The Kier molecular flexibility index (Phi) is 4.92. The second-order valence-electron chi connectivity index (χ2n) is 5.22. The normalized spacial score (nSPS) is 10.8. The van der Waals surface area contributed by atoms with E-state index in [1.165, 1.54) is 6.07 Å². The molecule has 3 aromatic rings. The summed E-state index contributed by atoms with van der Waals surface area (Å²) in [5.74, 6) is -0.156. The maximum absolute atomic E-state index is 12.4. The van der Waals surface area contributed by atoms with Gasteiger partial charge in [0.2, 0.25) is 5.91 Å². The molecule has 0 aliphatic carbocycles.